The van der Waals surface area contributed by atoms with E-state index in [4.69, 9.17) is 18.9 Å². The molecule has 2 rings (SSSR count). The van der Waals surface area contributed by atoms with Crippen LogP contribution in [0.25, 0.3) is 0 Å². The molecule has 2 N–H and O–H groups in total. The van der Waals surface area contributed by atoms with Gasteiger partial charge in [0.2, 0.25) is 5.79 Å². The van der Waals surface area contributed by atoms with Gasteiger partial charge in [-0.25, -0.2) is 0 Å². The van der Waals surface area contributed by atoms with Gasteiger partial charge in [-0.1, -0.05) is 103 Å². The minimum absolute atomic E-state index is 0.183. The predicted molar refractivity (Wildman–Crippen MR) is 127 cm³/mol. The SMILES string of the molecule is CCCCCCCCCCCCCCCCCCO[C@@H]1[C@@H](O)CO[C@@H]1C1(CO)OCCO1. The van der Waals surface area contributed by atoms with Crippen molar-refractivity contribution in [2.75, 3.05) is 33.0 Å². The number of hydrogen-bond acceptors (Lipinski definition) is 6. The van der Waals surface area contributed by atoms with Gasteiger partial charge in [-0.3, -0.25) is 0 Å². The molecular weight excluding hydrogens is 408 g/mol. The van der Waals surface area contributed by atoms with E-state index in [9.17, 15) is 10.2 Å². The zero-order chi connectivity index (χ0) is 22.9. The van der Waals surface area contributed by atoms with Gasteiger partial charge >= 0.3 is 0 Å². The lowest BCUT2D eigenvalue weighted by atomic mass is 10.0. The van der Waals surface area contributed by atoms with Gasteiger partial charge in [-0.2, -0.15) is 0 Å². The largest absolute Gasteiger partial charge is 0.391 e. The van der Waals surface area contributed by atoms with Crippen molar-refractivity contribution in [1.82, 2.24) is 0 Å². The normalized spacial score (nSPS) is 25.0. The molecule has 2 heterocycles. The molecule has 3 atom stereocenters. The van der Waals surface area contributed by atoms with E-state index >= 15 is 0 Å². The van der Waals surface area contributed by atoms with E-state index in [1.165, 1.54) is 89.9 Å². The zero-order valence-corrected chi connectivity index (χ0v) is 20.6. The average molecular weight is 459 g/mol. The van der Waals surface area contributed by atoms with Gasteiger partial charge < -0.3 is 29.2 Å². The van der Waals surface area contributed by atoms with Crippen LogP contribution in [0, 0.1) is 0 Å². The van der Waals surface area contributed by atoms with Crippen molar-refractivity contribution in [2.45, 2.75) is 134 Å². The quantitative estimate of drug-likeness (QED) is 0.246. The van der Waals surface area contributed by atoms with Gasteiger partial charge in [0.1, 0.15) is 24.9 Å². The summed E-state index contributed by atoms with van der Waals surface area (Å²) in [7, 11) is 0. The third-order valence-electron chi connectivity index (χ3n) is 6.86. The first kappa shape index (κ1) is 28.0. The first-order valence-electron chi connectivity index (χ1n) is 13.5. The highest BCUT2D eigenvalue weighted by Crippen LogP contribution is 2.33. The van der Waals surface area contributed by atoms with Crippen molar-refractivity contribution < 1.29 is 29.2 Å². The highest BCUT2D eigenvalue weighted by molar-refractivity contribution is 4.96. The van der Waals surface area contributed by atoms with Gasteiger partial charge in [-0.15, -0.1) is 0 Å². The number of aliphatic hydroxyl groups excluding tert-OH is 2. The standard InChI is InChI=1S/C26H50O6/c1-2-3-4-5-6-7-8-9-10-11-12-13-14-15-16-17-18-29-24-23(28)21-30-25(24)26(22-27)31-19-20-32-26/h23-25,27-28H,2-22H2,1H3/t23-,24+,25-/m0/s1. The molecule has 0 amide bonds. The second-order valence-corrected chi connectivity index (χ2v) is 9.63. The topological polar surface area (TPSA) is 77.4 Å². The fraction of sp³-hybridized carbons (Fsp3) is 1.00. The molecule has 0 saturated carbocycles. The zero-order valence-electron chi connectivity index (χ0n) is 20.6. The molecule has 2 aliphatic heterocycles. The summed E-state index contributed by atoms with van der Waals surface area (Å²) in [5, 5.41) is 20.0. The molecule has 0 aromatic rings. The first-order valence-corrected chi connectivity index (χ1v) is 13.5. The summed E-state index contributed by atoms with van der Waals surface area (Å²) in [5.74, 6) is -1.20. The summed E-state index contributed by atoms with van der Waals surface area (Å²) in [6, 6.07) is 0. The van der Waals surface area contributed by atoms with Crippen LogP contribution in [0.4, 0.5) is 0 Å². The highest BCUT2D eigenvalue weighted by Gasteiger charge is 2.54. The summed E-state index contributed by atoms with van der Waals surface area (Å²) in [6.45, 7) is 3.58. The summed E-state index contributed by atoms with van der Waals surface area (Å²) >= 11 is 0. The second kappa shape index (κ2) is 17.2. The number of hydrogen-bond donors (Lipinski definition) is 2. The molecule has 0 bridgehead atoms. The van der Waals surface area contributed by atoms with E-state index in [2.05, 4.69) is 6.92 Å². The van der Waals surface area contributed by atoms with Crippen LogP contribution in [0.15, 0.2) is 0 Å². The fourth-order valence-electron chi connectivity index (χ4n) is 4.86. The van der Waals surface area contributed by atoms with E-state index in [0.29, 0.717) is 19.8 Å². The van der Waals surface area contributed by atoms with Gasteiger partial charge in [0.05, 0.1) is 19.8 Å². The maximum atomic E-state index is 10.2. The molecule has 2 fully saturated rings. The van der Waals surface area contributed by atoms with Crippen LogP contribution in [0.5, 0.6) is 0 Å². The summed E-state index contributed by atoms with van der Waals surface area (Å²) in [6.07, 6.45) is 19.6. The van der Waals surface area contributed by atoms with Gasteiger partial charge in [0, 0.05) is 6.61 Å². The van der Waals surface area contributed by atoms with Crippen molar-refractivity contribution in [3.63, 3.8) is 0 Å². The number of unbranched alkanes of at least 4 members (excludes halogenated alkanes) is 15. The summed E-state index contributed by atoms with van der Waals surface area (Å²) in [5.41, 5.74) is 0. The molecule has 0 aromatic heterocycles. The Morgan fingerprint density at radius 1 is 0.750 bits per heavy atom. The number of ether oxygens (including phenoxy) is 4. The molecule has 2 aliphatic rings. The van der Waals surface area contributed by atoms with Crippen LogP contribution in [0.2, 0.25) is 0 Å². The molecule has 0 spiro atoms. The van der Waals surface area contributed by atoms with E-state index in [1.54, 1.807) is 0 Å². The maximum absolute atomic E-state index is 10.2. The average Bonchev–Trinajstić information content (AvgIpc) is 3.43. The molecule has 0 unspecified atom stereocenters. The minimum Gasteiger partial charge on any atom is -0.391 e. The lowest BCUT2D eigenvalue weighted by Gasteiger charge is -2.34. The monoisotopic (exact) mass is 458 g/mol. The van der Waals surface area contributed by atoms with Crippen LogP contribution in [0.1, 0.15) is 110 Å². The minimum atomic E-state index is -1.20. The van der Waals surface area contributed by atoms with Crippen LogP contribution in [0.3, 0.4) is 0 Å². The Morgan fingerprint density at radius 2 is 1.22 bits per heavy atom. The van der Waals surface area contributed by atoms with E-state index in [1.807, 2.05) is 0 Å². The van der Waals surface area contributed by atoms with E-state index in [0.717, 1.165) is 12.8 Å². The Labute approximate surface area is 196 Å². The lowest BCUT2D eigenvalue weighted by molar-refractivity contribution is -0.258. The molecule has 32 heavy (non-hydrogen) atoms. The fourth-order valence-corrected chi connectivity index (χ4v) is 4.86. The highest BCUT2D eigenvalue weighted by atomic mass is 16.8. The smallest absolute Gasteiger partial charge is 0.221 e. The van der Waals surface area contributed by atoms with Crippen molar-refractivity contribution in [3.8, 4) is 0 Å². The van der Waals surface area contributed by atoms with Gasteiger partial charge in [0.15, 0.2) is 0 Å². The molecule has 0 aromatic carbocycles. The molecule has 190 valence electrons. The van der Waals surface area contributed by atoms with Crippen LogP contribution in [-0.4, -0.2) is 67.3 Å². The molecule has 6 nitrogen and oxygen atoms in total. The van der Waals surface area contributed by atoms with Gasteiger partial charge in [0.25, 0.3) is 0 Å². The van der Waals surface area contributed by atoms with Crippen molar-refractivity contribution in [2.24, 2.45) is 0 Å². The van der Waals surface area contributed by atoms with E-state index in [-0.39, 0.29) is 13.2 Å². The molecule has 2 saturated heterocycles. The van der Waals surface area contributed by atoms with Crippen LogP contribution >= 0.6 is 0 Å². The van der Waals surface area contributed by atoms with Crippen LogP contribution < -0.4 is 0 Å². The Kier molecular flexibility index (Phi) is 15.1. The number of aliphatic hydroxyl groups is 2. The Morgan fingerprint density at radius 3 is 1.69 bits per heavy atom. The van der Waals surface area contributed by atoms with Gasteiger partial charge in [-0.05, 0) is 6.42 Å². The Bertz CT molecular complexity index is 440. The van der Waals surface area contributed by atoms with Crippen molar-refractivity contribution in [1.29, 1.82) is 0 Å². The Hall–Kier alpha value is -0.240. The van der Waals surface area contributed by atoms with Crippen molar-refractivity contribution in [3.05, 3.63) is 0 Å². The molecular formula is C26H50O6. The third kappa shape index (κ3) is 9.94. The van der Waals surface area contributed by atoms with Crippen molar-refractivity contribution >= 4 is 0 Å². The molecule has 6 heteroatoms. The predicted octanol–water partition coefficient (Wildman–Crippen LogP) is 5.13. The van der Waals surface area contributed by atoms with E-state index < -0.39 is 24.1 Å². The number of rotatable bonds is 20. The second-order valence-electron chi connectivity index (χ2n) is 9.63. The summed E-state index contributed by atoms with van der Waals surface area (Å²) < 4.78 is 22.8. The molecule has 0 aliphatic carbocycles. The summed E-state index contributed by atoms with van der Waals surface area (Å²) in [4.78, 5) is 0. The van der Waals surface area contributed by atoms with Crippen LogP contribution in [-0.2, 0) is 18.9 Å². The Balaban J connectivity index is 1.39. The molecule has 0 radical (unpaired) electrons. The lowest BCUT2D eigenvalue weighted by Crippen LogP contribution is -2.53. The first-order chi connectivity index (χ1) is 15.7. The maximum Gasteiger partial charge on any atom is 0.221 e. The third-order valence-corrected chi connectivity index (χ3v) is 6.86.